The summed E-state index contributed by atoms with van der Waals surface area (Å²) in [5, 5.41) is 0. The van der Waals surface area contributed by atoms with Gasteiger partial charge in [0.15, 0.2) is 0 Å². The number of rotatable bonds is 6. The average Bonchev–Trinajstić information content (AvgIpc) is 2.92. The predicted molar refractivity (Wildman–Crippen MR) is 117 cm³/mol. The Morgan fingerprint density at radius 3 is 1.33 bits per heavy atom. The lowest BCUT2D eigenvalue weighted by Crippen LogP contribution is -2.02. The van der Waals surface area contributed by atoms with E-state index in [2.05, 4.69) is 62.3 Å². The smallest absolute Gasteiger partial charge is 0.0388 e. The van der Waals surface area contributed by atoms with Gasteiger partial charge < -0.3 is 0 Å². The Morgan fingerprint density at radius 2 is 1.17 bits per heavy atom. The molecule has 0 radical (unpaired) electrons. The van der Waals surface area contributed by atoms with E-state index in [0.717, 1.165) is 17.8 Å². The summed E-state index contributed by atoms with van der Waals surface area (Å²) in [6.45, 7) is 24.3. The minimum absolute atomic E-state index is 0.500. The van der Waals surface area contributed by atoms with Crippen molar-refractivity contribution in [3.05, 3.63) is 0 Å². The van der Waals surface area contributed by atoms with Crippen LogP contribution < -0.4 is 0 Å². The Bertz CT molecular complexity index is 197. The SMILES string of the molecule is CC.CC(C)(C)C.CC1CCC(C(C)C)C1.CCCCCCCC. The molecule has 0 heterocycles. The molecule has 0 N–H and O–H groups in total. The molecule has 0 spiro atoms. The van der Waals surface area contributed by atoms with E-state index in [1.54, 1.807) is 0 Å². The first-order chi connectivity index (χ1) is 11.1. The molecule has 0 bridgehead atoms. The van der Waals surface area contributed by atoms with Gasteiger partial charge in [0.1, 0.15) is 0 Å². The molecule has 150 valence electrons. The fourth-order valence-corrected chi connectivity index (χ4v) is 2.71. The lowest BCUT2D eigenvalue weighted by molar-refractivity contribution is 0.384. The van der Waals surface area contributed by atoms with E-state index in [-0.39, 0.29) is 0 Å². The van der Waals surface area contributed by atoms with Crippen LogP contribution in [0.15, 0.2) is 0 Å². The second-order valence-corrected chi connectivity index (χ2v) is 9.34. The fraction of sp³-hybridized carbons (Fsp3) is 1.00. The lowest BCUT2D eigenvalue weighted by atomic mass is 9.94. The Kier molecular flexibility index (Phi) is 23.2. The van der Waals surface area contributed by atoms with Crippen LogP contribution in [0.2, 0.25) is 0 Å². The molecule has 1 fully saturated rings. The van der Waals surface area contributed by atoms with Crippen molar-refractivity contribution >= 4 is 0 Å². The fourth-order valence-electron chi connectivity index (χ4n) is 2.71. The Balaban J connectivity index is -0.000000272. The molecule has 0 aromatic carbocycles. The van der Waals surface area contributed by atoms with Crippen molar-refractivity contribution in [1.29, 1.82) is 0 Å². The van der Waals surface area contributed by atoms with E-state index in [1.807, 2.05) is 13.8 Å². The highest BCUT2D eigenvalue weighted by atomic mass is 14.3. The van der Waals surface area contributed by atoms with Gasteiger partial charge in [-0.15, -0.1) is 0 Å². The second-order valence-electron chi connectivity index (χ2n) is 9.34. The van der Waals surface area contributed by atoms with Crippen LogP contribution in [0.1, 0.15) is 134 Å². The molecule has 1 aliphatic carbocycles. The van der Waals surface area contributed by atoms with E-state index in [4.69, 9.17) is 0 Å². The zero-order valence-electron chi connectivity index (χ0n) is 19.6. The van der Waals surface area contributed by atoms with Gasteiger partial charge in [-0.25, -0.2) is 0 Å². The van der Waals surface area contributed by atoms with Gasteiger partial charge in [0, 0.05) is 0 Å². The topological polar surface area (TPSA) is 0 Å². The molecule has 1 aliphatic rings. The van der Waals surface area contributed by atoms with Crippen molar-refractivity contribution in [3.63, 3.8) is 0 Å². The van der Waals surface area contributed by atoms with Crippen LogP contribution in [0.3, 0.4) is 0 Å². The van der Waals surface area contributed by atoms with E-state index in [0.29, 0.717) is 5.41 Å². The molecule has 24 heavy (non-hydrogen) atoms. The molecule has 0 aliphatic heterocycles. The highest BCUT2D eigenvalue weighted by molar-refractivity contribution is 4.74. The second kappa shape index (κ2) is 19.3. The summed E-state index contributed by atoms with van der Waals surface area (Å²) in [6.07, 6.45) is 12.9. The van der Waals surface area contributed by atoms with Gasteiger partial charge in [0.05, 0.1) is 0 Å². The van der Waals surface area contributed by atoms with Crippen LogP contribution in [-0.4, -0.2) is 0 Å². The van der Waals surface area contributed by atoms with Gasteiger partial charge in [-0.05, 0) is 36.0 Å². The Labute approximate surface area is 157 Å². The maximum absolute atomic E-state index is 2.38. The normalized spacial score (nSPS) is 19.5. The van der Waals surface area contributed by atoms with Crippen LogP contribution >= 0.6 is 0 Å². The van der Waals surface area contributed by atoms with Gasteiger partial charge in [-0.2, -0.15) is 0 Å². The third kappa shape index (κ3) is 29.9. The molecule has 2 atom stereocenters. The van der Waals surface area contributed by atoms with E-state index >= 15 is 0 Å². The molecular weight excluding hydrogens is 288 g/mol. The van der Waals surface area contributed by atoms with Crippen molar-refractivity contribution in [2.75, 3.05) is 0 Å². The zero-order chi connectivity index (χ0) is 19.6. The summed E-state index contributed by atoms with van der Waals surface area (Å²) in [4.78, 5) is 0. The minimum Gasteiger partial charge on any atom is -0.0683 e. The molecular formula is C24H54. The molecule has 0 saturated heterocycles. The highest BCUT2D eigenvalue weighted by Gasteiger charge is 2.23. The zero-order valence-corrected chi connectivity index (χ0v) is 19.6. The minimum atomic E-state index is 0.500. The summed E-state index contributed by atoms with van der Waals surface area (Å²) >= 11 is 0. The van der Waals surface area contributed by atoms with Crippen LogP contribution in [0.5, 0.6) is 0 Å². The summed E-state index contributed by atoms with van der Waals surface area (Å²) < 4.78 is 0. The predicted octanol–water partition coefficient (Wildman–Crippen LogP) is 9.52. The Hall–Kier alpha value is 0. The van der Waals surface area contributed by atoms with Crippen molar-refractivity contribution in [2.45, 2.75) is 134 Å². The quantitative estimate of drug-likeness (QED) is 0.421. The standard InChI is InChI=1S/C9H18.C8H18.C5H12.C2H6/c1-7(2)9-5-4-8(3)6-9;1-3-5-7-8-6-4-2;1-5(2,3)4;1-2/h7-9H,4-6H2,1-3H3;3-8H2,1-2H3;1-4H3;1-2H3. The summed E-state index contributed by atoms with van der Waals surface area (Å²) in [5.41, 5.74) is 0.500. The van der Waals surface area contributed by atoms with Gasteiger partial charge in [0.2, 0.25) is 0 Å². The third-order valence-corrected chi connectivity index (χ3v) is 4.14. The van der Waals surface area contributed by atoms with Crippen LogP contribution in [0, 0.1) is 23.2 Å². The average molecular weight is 343 g/mol. The summed E-state index contributed by atoms with van der Waals surface area (Å²) in [5.74, 6) is 2.98. The Morgan fingerprint density at radius 1 is 0.792 bits per heavy atom. The van der Waals surface area contributed by atoms with Gasteiger partial charge in [0.25, 0.3) is 0 Å². The van der Waals surface area contributed by atoms with Crippen molar-refractivity contribution in [3.8, 4) is 0 Å². The molecule has 1 saturated carbocycles. The molecule has 2 unspecified atom stereocenters. The van der Waals surface area contributed by atoms with Gasteiger partial charge in [-0.1, -0.05) is 121 Å². The van der Waals surface area contributed by atoms with Crippen molar-refractivity contribution in [2.24, 2.45) is 23.2 Å². The number of hydrogen-bond acceptors (Lipinski definition) is 0. The first kappa shape index (κ1) is 28.8. The van der Waals surface area contributed by atoms with E-state index in [1.165, 1.54) is 57.8 Å². The van der Waals surface area contributed by atoms with Crippen molar-refractivity contribution < 1.29 is 0 Å². The first-order valence-electron chi connectivity index (χ1n) is 11.1. The first-order valence-corrected chi connectivity index (χ1v) is 11.1. The van der Waals surface area contributed by atoms with Crippen molar-refractivity contribution in [1.82, 2.24) is 0 Å². The maximum Gasteiger partial charge on any atom is -0.0388 e. The molecule has 0 nitrogen and oxygen atoms in total. The summed E-state index contributed by atoms with van der Waals surface area (Å²) in [7, 11) is 0. The molecule has 0 aromatic heterocycles. The van der Waals surface area contributed by atoms with Crippen LogP contribution in [0.25, 0.3) is 0 Å². The van der Waals surface area contributed by atoms with Gasteiger partial charge in [-0.3, -0.25) is 0 Å². The number of unbranched alkanes of at least 4 members (excludes halogenated alkanes) is 5. The van der Waals surface area contributed by atoms with E-state index in [9.17, 15) is 0 Å². The molecule has 0 amide bonds. The number of hydrogen-bond donors (Lipinski definition) is 0. The largest absolute Gasteiger partial charge is 0.0683 e. The summed E-state index contributed by atoms with van der Waals surface area (Å²) in [6, 6.07) is 0. The molecule has 1 rings (SSSR count). The van der Waals surface area contributed by atoms with Crippen LogP contribution in [-0.2, 0) is 0 Å². The highest BCUT2D eigenvalue weighted by Crippen LogP contribution is 2.34. The third-order valence-electron chi connectivity index (χ3n) is 4.14. The van der Waals surface area contributed by atoms with Crippen LogP contribution in [0.4, 0.5) is 0 Å². The molecule has 0 heteroatoms. The van der Waals surface area contributed by atoms with Gasteiger partial charge >= 0.3 is 0 Å². The lowest BCUT2D eigenvalue weighted by Gasteiger charge is -2.12. The molecule has 0 aromatic rings. The maximum atomic E-state index is 2.38. The monoisotopic (exact) mass is 342 g/mol. The van der Waals surface area contributed by atoms with E-state index < -0.39 is 0 Å².